The lowest BCUT2D eigenvalue weighted by molar-refractivity contribution is -0.0858. The van der Waals surface area contributed by atoms with Crippen LogP contribution in [0, 0.1) is 3.57 Å². The Morgan fingerprint density at radius 3 is 2.88 bits per heavy atom. The fraction of sp³-hybridized carbons (Fsp3) is 0.500. The van der Waals surface area contributed by atoms with Gasteiger partial charge in [-0.15, -0.1) is 0 Å². The molecule has 2 N–H and O–H groups in total. The molecule has 5 heteroatoms. The fourth-order valence-corrected chi connectivity index (χ4v) is 2.76. The van der Waals surface area contributed by atoms with Gasteiger partial charge in [-0.1, -0.05) is 0 Å². The molecule has 1 heterocycles. The van der Waals surface area contributed by atoms with Crippen LogP contribution in [-0.4, -0.2) is 35.9 Å². The van der Waals surface area contributed by atoms with Crippen LogP contribution in [0.25, 0.3) is 0 Å². The smallest absolute Gasteiger partial charge is 0.238 e. The Hall–Kier alpha value is -0.370. The first-order chi connectivity index (χ1) is 8.04. The highest BCUT2D eigenvalue weighted by Gasteiger charge is 2.33. The third-order valence-electron chi connectivity index (χ3n) is 3.19. The number of methoxy groups -OCH3 is 1. The number of fused-ring (bicyclic) bond motifs is 1. The summed E-state index contributed by atoms with van der Waals surface area (Å²) in [4.78, 5) is 1.71. The van der Waals surface area contributed by atoms with Gasteiger partial charge in [0.15, 0.2) is 0 Å². The summed E-state index contributed by atoms with van der Waals surface area (Å²) < 4.78 is 6.08. The quantitative estimate of drug-likeness (QED) is 0.625. The molecule has 17 heavy (non-hydrogen) atoms. The van der Waals surface area contributed by atoms with Crippen LogP contribution in [0.4, 0.5) is 5.69 Å². The van der Waals surface area contributed by atoms with Crippen LogP contribution in [0.3, 0.4) is 0 Å². The maximum Gasteiger partial charge on any atom is 0.238 e. The van der Waals surface area contributed by atoms with E-state index in [1.807, 2.05) is 25.1 Å². The molecule has 0 saturated carbocycles. The SMILES string of the molecule is COC(O)N1c2ccc(I)cc2C[C@@H](O)[C@@H]1C. The van der Waals surface area contributed by atoms with Gasteiger partial charge in [0.1, 0.15) is 0 Å². The fourth-order valence-electron chi connectivity index (χ4n) is 2.20. The average molecular weight is 349 g/mol. The molecule has 0 fully saturated rings. The summed E-state index contributed by atoms with van der Waals surface area (Å²) in [6.45, 7) is 1.88. The molecule has 0 amide bonds. The number of aliphatic hydroxyl groups is 2. The predicted molar refractivity (Wildman–Crippen MR) is 73.8 cm³/mol. The van der Waals surface area contributed by atoms with Gasteiger partial charge in [-0.05, 0) is 53.3 Å². The van der Waals surface area contributed by atoms with E-state index in [1.165, 1.54) is 7.11 Å². The maximum absolute atomic E-state index is 10.0. The van der Waals surface area contributed by atoms with Crippen molar-refractivity contribution in [1.82, 2.24) is 0 Å². The van der Waals surface area contributed by atoms with E-state index in [0.717, 1.165) is 14.8 Å². The second-order valence-corrected chi connectivity index (χ2v) is 5.50. The van der Waals surface area contributed by atoms with Crippen molar-refractivity contribution in [1.29, 1.82) is 0 Å². The van der Waals surface area contributed by atoms with E-state index in [0.29, 0.717) is 6.42 Å². The summed E-state index contributed by atoms with van der Waals surface area (Å²) in [6.07, 6.45) is -0.912. The third-order valence-corrected chi connectivity index (χ3v) is 3.86. The van der Waals surface area contributed by atoms with Crippen molar-refractivity contribution >= 4 is 28.3 Å². The zero-order chi connectivity index (χ0) is 12.6. The number of nitrogens with zero attached hydrogens (tertiary/aromatic N) is 1. The third kappa shape index (κ3) is 2.42. The molecule has 94 valence electrons. The van der Waals surface area contributed by atoms with Crippen LogP contribution in [-0.2, 0) is 11.2 Å². The molecule has 0 bridgehead atoms. The van der Waals surface area contributed by atoms with Crippen LogP contribution in [0.15, 0.2) is 18.2 Å². The first-order valence-electron chi connectivity index (χ1n) is 5.50. The Labute approximate surface area is 114 Å². The molecule has 0 aromatic heterocycles. The lowest BCUT2D eigenvalue weighted by atomic mass is 9.94. The summed E-state index contributed by atoms with van der Waals surface area (Å²) in [7, 11) is 1.45. The van der Waals surface area contributed by atoms with Crippen molar-refractivity contribution < 1.29 is 14.9 Å². The normalized spacial score (nSPS) is 25.6. The first kappa shape index (κ1) is 13.1. The molecule has 1 unspecified atom stereocenters. The van der Waals surface area contributed by atoms with Gasteiger partial charge in [0.05, 0.1) is 12.1 Å². The number of hydrogen-bond donors (Lipinski definition) is 2. The highest BCUT2D eigenvalue weighted by molar-refractivity contribution is 14.1. The lowest BCUT2D eigenvalue weighted by Crippen LogP contribution is -2.52. The molecular weight excluding hydrogens is 333 g/mol. The van der Waals surface area contributed by atoms with Crippen molar-refractivity contribution in [2.24, 2.45) is 0 Å². The predicted octanol–water partition coefficient (Wildman–Crippen LogP) is 1.33. The van der Waals surface area contributed by atoms with Crippen LogP contribution >= 0.6 is 22.6 Å². The Bertz CT molecular complexity index is 413. The number of aliphatic hydroxyl groups excluding tert-OH is 2. The first-order valence-corrected chi connectivity index (χ1v) is 6.58. The standard InChI is InChI=1S/C12H16INO3/c1-7-11(15)6-8-5-9(13)3-4-10(8)14(7)12(16)17-2/h3-5,7,11-12,15-16H,6H2,1-2H3/t7-,11+,12?/m0/s1. The van der Waals surface area contributed by atoms with Gasteiger partial charge < -0.3 is 19.8 Å². The Morgan fingerprint density at radius 1 is 1.53 bits per heavy atom. The monoisotopic (exact) mass is 349 g/mol. The second kappa shape index (κ2) is 5.09. The number of hydrogen-bond acceptors (Lipinski definition) is 4. The summed E-state index contributed by atoms with van der Waals surface area (Å²) >= 11 is 2.24. The molecule has 1 aliphatic rings. The molecule has 0 spiro atoms. The number of rotatable bonds is 2. The van der Waals surface area contributed by atoms with Gasteiger partial charge in [-0.2, -0.15) is 0 Å². The molecule has 0 radical (unpaired) electrons. The summed E-state index contributed by atoms with van der Waals surface area (Å²) in [5.41, 5.74) is 1.97. The molecule has 3 atom stereocenters. The molecule has 4 nitrogen and oxygen atoms in total. The summed E-state index contributed by atoms with van der Waals surface area (Å²) in [6, 6.07) is 5.80. The van der Waals surface area contributed by atoms with E-state index in [9.17, 15) is 10.2 Å². The van der Waals surface area contributed by atoms with Crippen molar-refractivity contribution in [3.63, 3.8) is 0 Å². The molecular formula is C12H16INO3. The molecule has 1 aromatic rings. The van der Waals surface area contributed by atoms with Gasteiger partial charge in [-0.25, -0.2) is 0 Å². The number of benzene rings is 1. The van der Waals surface area contributed by atoms with E-state index < -0.39 is 12.5 Å². The van der Waals surface area contributed by atoms with E-state index >= 15 is 0 Å². The Balaban J connectivity index is 2.45. The van der Waals surface area contributed by atoms with Gasteiger partial charge in [-0.3, -0.25) is 0 Å². The zero-order valence-electron chi connectivity index (χ0n) is 9.80. The minimum absolute atomic E-state index is 0.169. The minimum Gasteiger partial charge on any atom is -0.391 e. The maximum atomic E-state index is 10.0. The zero-order valence-corrected chi connectivity index (χ0v) is 12.0. The van der Waals surface area contributed by atoms with Crippen LogP contribution in [0.2, 0.25) is 0 Å². The number of anilines is 1. The van der Waals surface area contributed by atoms with E-state index in [2.05, 4.69) is 22.6 Å². The summed E-state index contributed by atoms with van der Waals surface area (Å²) in [5.74, 6) is 0. The number of halogens is 1. The van der Waals surface area contributed by atoms with Crippen LogP contribution in [0.1, 0.15) is 12.5 Å². The Kier molecular flexibility index (Phi) is 3.92. The summed E-state index contributed by atoms with van der Waals surface area (Å²) in [5, 5.41) is 19.9. The van der Waals surface area contributed by atoms with Crippen LogP contribution < -0.4 is 4.90 Å². The topological polar surface area (TPSA) is 52.9 Å². The average Bonchev–Trinajstić information content (AvgIpc) is 2.30. The van der Waals surface area contributed by atoms with E-state index in [1.54, 1.807) is 4.90 Å². The van der Waals surface area contributed by atoms with Crippen molar-refractivity contribution in [3.05, 3.63) is 27.3 Å². The van der Waals surface area contributed by atoms with Gasteiger partial charge in [0, 0.05) is 22.8 Å². The van der Waals surface area contributed by atoms with E-state index in [-0.39, 0.29) is 6.04 Å². The van der Waals surface area contributed by atoms with Crippen molar-refractivity contribution in [2.75, 3.05) is 12.0 Å². The molecule has 1 aromatic carbocycles. The molecule has 2 rings (SSSR count). The lowest BCUT2D eigenvalue weighted by Gasteiger charge is -2.41. The molecule has 0 aliphatic carbocycles. The highest BCUT2D eigenvalue weighted by atomic mass is 127. The Morgan fingerprint density at radius 2 is 2.24 bits per heavy atom. The minimum atomic E-state index is -1.03. The second-order valence-electron chi connectivity index (χ2n) is 4.25. The van der Waals surface area contributed by atoms with E-state index in [4.69, 9.17) is 4.74 Å². The highest BCUT2D eigenvalue weighted by Crippen LogP contribution is 2.33. The number of ether oxygens (including phenoxy) is 1. The van der Waals surface area contributed by atoms with Crippen molar-refractivity contribution in [3.8, 4) is 0 Å². The largest absolute Gasteiger partial charge is 0.391 e. The van der Waals surface area contributed by atoms with Gasteiger partial charge in [0.2, 0.25) is 6.41 Å². The van der Waals surface area contributed by atoms with Gasteiger partial charge in [0.25, 0.3) is 0 Å². The molecule has 1 aliphatic heterocycles. The van der Waals surface area contributed by atoms with Crippen LogP contribution in [0.5, 0.6) is 0 Å². The van der Waals surface area contributed by atoms with Gasteiger partial charge >= 0.3 is 0 Å². The van der Waals surface area contributed by atoms with Crippen molar-refractivity contribution in [2.45, 2.75) is 31.9 Å². The molecule has 0 saturated heterocycles.